The number of benzene rings is 1. The largest absolute Gasteiger partial charge is 0.486 e. The predicted octanol–water partition coefficient (Wildman–Crippen LogP) is 1.98. The van der Waals surface area contributed by atoms with Crippen molar-refractivity contribution in [3.8, 4) is 11.5 Å². The third-order valence-corrected chi connectivity index (χ3v) is 3.33. The van der Waals surface area contributed by atoms with E-state index in [-0.39, 0.29) is 6.04 Å². The van der Waals surface area contributed by atoms with Gasteiger partial charge in [-0.3, -0.25) is 0 Å². The topological polar surface area (TPSA) is 56.5 Å². The van der Waals surface area contributed by atoms with Crippen molar-refractivity contribution in [3.63, 3.8) is 0 Å². The molecule has 0 aliphatic carbocycles. The van der Waals surface area contributed by atoms with E-state index in [0.717, 1.165) is 37.4 Å². The minimum Gasteiger partial charge on any atom is -0.486 e. The number of nitrogens with two attached hydrogens (primary N) is 1. The molecular weight excluding hydrogens is 240 g/mol. The normalized spacial score (nSPS) is 15.3. The van der Waals surface area contributed by atoms with Crippen LogP contribution in [0.5, 0.6) is 11.5 Å². The molecule has 19 heavy (non-hydrogen) atoms. The van der Waals surface area contributed by atoms with Crippen molar-refractivity contribution < 1.29 is 9.47 Å². The maximum atomic E-state index is 5.73. The van der Waals surface area contributed by atoms with E-state index in [2.05, 4.69) is 24.4 Å². The molecule has 0 aromatic heterocycles. The highest BCUT2D eigenvalue weighted by molar-refractivity contribution is 5.47. The van der Waals surface area contributed by atoms with E-state index in [9.17, 15) is 0 Å². The third-order valence-electron chi connectivity index (χ3n) is 3.33. The lowest BCUT2D eigenvalue weighted by atomic mass is 10.1. The van der Waals surface area contributed by atoms with Crippen molar-refractivity contribution in [3.05, 3.63) is 23.3 Å². The average molecular weight is 264 g/mol. The highest BCUT2D eigenvalue weighted by Crippen LogP contribution is 2.32. The lowest BCUT2D eigenvalue weighted by Crippen LogP contribution is -2.20. The minimum atomic E-state index is 0.290. The van der Waals surface area contributed by atoms with Gasteiger partial charge in [-0.15, -0.1) is 0 Å². The Kier molecular flexibility index (Phi) is 5.05. The van der Waals surface area contributed by atoms with Gasteiger partial charge in [-0.25, -0.2) is 0 Å². The minimum absolute atomic E-state index is 0.290. The molecule has 0 fully saturated rings. The van der Waals surface area contributed by atoms with Crippen molar-refractivity contribution >= 4 is 0 Å². The molecule has 0 radical (unpaired) electrons. The fourth-order valence-corrected chi connectivity index (χ4v) is 2.20. The third kappa shape index (κ3) is 4.11. The van der Waals surface area contributed by atoms with Gasteiger partial charge in [-0.05, 0) is 56.5 Å². The molecule has 1 unspecified atom stereocenters. The first-order valence-electron chi connectivity index (χ1n) is 7.02. The van der Waals surface area contributed by atoms with Crippen LogP contribution in [0.3, 0.4) is 0 Å². The SMILES string of the molecule is Cc1cc2c(cc1CNCCCC(C)N)OCCO2. The summed E-state index contributed by atoms with van der Waals surface area (Å²) in [7, 11) is 0. The smallest absolute Gasteiger partial charge is 0.161 e. The van der Waals surface area contributed by atoms with E-state index in [1.807, 2.05) is 6.92 Å². The van der Waals surface area contributed by atoms with Crippen molar-refractivity contribution in [2.24, 2.45) is 5.73 Å². The van der Waals surface area contributed by atoms with Crippen LogP contribution < -0.4 is 20.5 Å². The fourth-order valence-electron chi connectivity index (χ4n) is 2.20. The summed E-state index contributed by atoms with van der Waals surface area (Å²) in [6, 6.07) is 4.44. The van der Waals surface area contributed by atoms with Crippen molar-refractivity contribution in [1.29, 1.82) is 0 Å². The van der Waals surface area contributed by atoms with Gasteiger partial charge in [-0.2, -0.15) is 0 Å². The van der Waals surface area contributed by atoms with Gasteiger partial charge in [0, 0.05) is 12.6 Å². The van der Waals surface area contributed by atoms with E-state index in [4.69, 9.17) is 15.2 Å². The molecule has 4 nitrogen and oxygen atoms in total. The Morgan fingerprint density at radius 3 is 2.63 bits per heavy atom. The van der Waals surface area contributed by atoms with Crippen molar-refractivity contribution in [2.75, 3.05) is 19.8 Å². The number of aryl methyl sites for hydroxylation is 1. The average Bonchev–Trinajstić information content (AvgIpc) is 2.38. The molecule has 0 amide bonds. The summed E-state index contributed by atoms with van der Waals surface area (Å²) in [5, 5.41) is 3.45. The molecule has 1 atom stereocenters. The molecule has 2 rings (SSSR count). The molecule has 3 N–H and O–H groups in total. The second kappa shape index (κ2) is 6.78. The van der Waals surface area contributed by atoms with E-state index < -0.39 is 0 Å². The van der Waals surface area contributed by atoms with Gasteiger partial charge < -0.3 is 20.5 Å². The number of nitrogens with one attached hydrogen (secondary N) is 1. The molecule has 0 saturated heterocycles. The molecule has 0 saturated carbocycles. The standard InChI is InChI=1S/C15H24N2O2/c1-11-8-14-15(19-7-6-18-14)9-13(11)10-17-5-3-4-12(2)16/h8-9,12,17H,3-7,10,16H2,1-2H3. The number of rotatable bonds is 6. The van der Waals surface area contributed by atoms with Crippen LogP contribution >= 0.6 is 0 Å². The van der Waals surface area contributed by atoms with Crippen LogP contribution in [0.25, 0.3) is 0 Å². The number of hydrogen-bond acceptors (Lipinski definition) is 4. The van der Waals surface area contributed by atoms with Crippen LogP contribution in [0, 0.1) is 6.92 Å². The Morgan fingerprint density at radius 2 is 1.95 bits per heavy atom. The highest BCUT2D eigenvalue weighted by atomic mass is 16.6. The lowest BCUT2D eigenvalue weighted by molar-refractivity contribution is 0.171. The van der Waals surface area contributed by atoms with Gasteiger partial charge >= 0.3 is 0 Å². The van der Waals surface area contributed by atoms with Gasteiger partial charge in [0.15, 0.2) is 11.5 Å². The zero-order valence-corrected chi connectivity index (χ0v) is 11.9. The molecule has 1 aliphatic heterocycles. The summed E-state index contributed by atoms with van der Waals surface area (Å²) in [5.41, 5.74) is 8.24. The Morgan fingerprint density at radius 1 is 1.26 bits per heavy atom. The first kappa shape index (κ1) is 14.2. The van der Waals surface area contributed by atoms with Crippen LogP contribution in [0.2, 0.25) is 0 Å². The lowest BCUT2D eigenvalue weighted by Gasteiger charge is -2.20. The van der Waals surface area contributed by atoms with Crippen molar-refractivity contribution in [1.82, 2.24) is 5.32 Å². The van der Waals surface area contributed by atoms with Crippen LogP contribution in [-0.2, 0) is 6.54 Å². The van der Waals surface area contributed by atoms with Gasteiger partial charge in [0.2, 0.25) is 0 Å². The van der Waals surface area contributed by atoms with Crippen LogP contribution in [0.1, 0.15) is 30.9 Å². The van der Waals surface area contributed by atoms with E-state index in [1.54, 1.807) is 0 Å². The number of fused-ring (bicyclic) bond motifs is 1. The van der Waals surface area contributed by atoms with Crippen molar-refractivity contribution in [2.45, 2.75) is 39.3 Å². The molecule has 1 aromatic carbocycles. The zero-order chi connectivity index (χ0) is 13.7. The monoisotopic (exact) mass is 264 g/mol. The first-order valence-corrected chi connectivity index (χ1v) is 7.02. The maximum absolute atomic E-state index is 5.73. The van der Waals surface area contributed by atoms with Gasteiger partial charge in [0.25, 0.3) is 0 Å². The molecule has 0 bridgehead atoms. The van der Waals surface area contributed by atoms with E-state index in [1.165, 1.54) is 11.1 Å². The molecule has 106 valence electrons. The van der Waals surface area contributed by atoms with Gasteiger partial charge in [0.05, 0.1) is 0 Å². The molecule has 1 heterocycles. The molecular formula is C15H24N2O2. The summed E-state index contributed by atoms with van der Waals surface area (Å²) in [4.78, 5) is 0. The molecule has 4 heteroatoms. The predicted molar refractivity (Wildman–Crippen MR) is 76.8 cm³/mol. The Labute approximate surface area is 115 Å². The Bertz CT molecular complexity index is 419. The summed E-state index contributed by atoms with van der Waals surface area (Å²) in [5.74, 6) is 1.73. The Balaban J connectivity index is 1.86. The van der Waals surface area contributed by atoms with E-state index in [0.29, 0.717) is 13.2 Å². The summed E-state index contributed by atoms with van der Waals surface area (Å²) in [6.45, 7) is 7.29. The second-order valence-corrected chi connectivity index (χ2v) is 5.22. The second-order valence-electron chi connectivity index (χ2n) is 5.22. The number of ether oxygens (including phenoxy) is 2. The summed E-state index contributed by atoms with van der Waals surface area (Å²) < 4.78 is 11.2. The fraction of sp³-hybridized carbons (Fsp3) is 0.600. The van der Waals surface area contributed by atoms with Crippen LogP contribution in [0.15, 0.2) is 12.1 Å². The molecule has 1 aliphatic rings. The van der Waals surface area contributed by atoms with E-state index >= 15 is 0 Å². The maximum Gasteiger partial charge on any atom is 0.161 e. The molecule has 1 aromatic rings. The van der Waals surface area contributed by atoms with Gasteiger partial charge in [0.1, 0.15) is 13.2 Å². The summed E-state index contributed by atoms with van der Waals surface area (Å²) >= 11 is 0. The quantitative estimate of drug-likeness (QED) is 0.771. The Hall–Kier alpha value is -1.26. The molecule has 0 spiro atoms. The first-order chi connectivity index (χ1) is 9.16. The van der Waals surface area contributed by atoms with Crippen LogP contribution in [-0.4, -0.2) is 25.8 Å². The highest BCUT2D eigenvalue weighted by Gasteiger charge is 2.13. The summed E-state index contributed by atoms with van der Waals surface area (Å²) in [6.07, 6.45) is 2.17. The van der Waals surface area contributed by atoms with Crippen LogP contribution in [0.4, 0.5) is 0 Å². The zero-order valence-electron chi connectivity index (χ0n) is 11.9. The number of hydrogen-bond donors (Lipinski definition) is 2. The van der Waals surface area contributed by atoms with Gasteiger partial charge in [-0.1, -0.05) is 0 Å².